The molecule has 0 bridgehead atoms. The van der Waals surface area contributed by atoms with E-state index in [0.717, 1.165) is 12.8 Å². The van der Waals surface area contributed by atoms with Crippen molar-refractivity contribution in [3.8, 4) is 0 Å². The highest BCUT2D eigenvalue weighted by Gasteiger charge is 2.40. The Bertz CT molecular complexity index is 327. The lowest BCUT2D eigenvalue weighted by Gasteiger charge is -2.20. The molecule has 1 saturated heterocycles. The zero-order valence-corrected chi connectivity index (χ0v) is 15.8. The van der Waals surface area contributed by atoms with Crippen molar-refractivity contribution in [3.05, 3.63) is 0 Å². The Hall–Kier alpha value is -0.610. The van der Waals surface area contributed by atoms with E-state index in [2.05, 4.69) is 6.92 Å². The van der Waals surface area contributed by atoms with Crippen LogP contribution in [0.5, 0.6) is 0 Å². The van der Waals surface area contributed by atoms with E-state index in [-0.39, 0.29) is 6.42 Å². The second kappa shape index (κ2) is 12.7. The molecule has 0 saturated carbocycles. The van der Waals surface area contributed by atoms with Crippen LogP contribution in [0, 0.1) is 0 Å². The van der Waals surface area contributed by atoms with Gasteiger partial charge in [0.05, 0.1) is 0 Å². The molecule has 4 heteroatoms. The first-order valence-corrected chi connectivity index (χ1v) is 10.3. The van der Waals surface area contributed by atoms with Crippen LogP contribution in [0.25, 0.3) is 0 Å². The third kappa shape index (κ3) is 10.3. The second-order valence-electron chi connectivity index (χ2n) is 7.46. The summed E-state index contributed by atoms with van der Waals surface area (Å²) in [6.45, 7) is 3.59. The molecule has 1 fully saturated rings. The predicted molar refractivity (Wildman–Crippen MR) is 98.7 cm³/mol. The SMILES string of the molecule is CCCCCCCCCCCCCCCCC(O)(O)C(=O)N1CC1. The van der Waals surface area contributed by atoms with Gasteiger partial charge in [-0.05, 0) is 6.42 Å². The van der Waals surface area contributed by atoms with Gasteiger partial charge in [0.2, 0.25) is 5.79 Å². The maximum absolute atomic E-state index is 11.6. The van der Waals surface area contributed by atoms with Crippen LogP contribution in [0.15, 0.2) is 0 Å². The van der Waals surface area contributed by atoms with Crippen molar-refractivity contribution in [2.75, 3.05) is 13.1 Å². The molecule has 2 N–H and O–H groups in total. The number of hydrogen-bond donors (Lipinski definition) is 2. The molecule has 0 aromatic carbocycles. The first-order chi connectivity index (χ1) is 11.6. The third-order valence-electron chi connectivity index (χ3n) is 4.96. The molecule has 0 spiro atoms. The largest absolute Gasteiger partial charge is 0.358 e. The van der Waals surface area contributed by atoms with Crippen LogP contribution in [0.1, 0.15) is 103 Å². The highest BCUT2D eigenvalue weighted by Crippen LogP contribution is 2.20. The Kier molecular flexibility index (Phi) is 11.4. The van der Waals surface area contributed by atoms with Gasteiger partial charge in [0.25, 0.3) is 5.91 Å². The maximum Gasteiger partial charge on any atom is 0.282 e. The van der Waals surface area contributed by atoms with E-state index in [1.165, 1.54) is 75.5 Å². The highest BCUT2D eigenvalue weighted by atomic mass is 16.5. The zero-order chi connectivity index (χ0) is 17.7. The van der Waals surface area contributed by atoms with Crippen molar-refractivity contribution in [3.63, 3.8) is 0 Å². The van der Waals surface area contributed by atoms with E-state index < -0.39 is 11.7 Å². The van der Waals surface area contributed by atoms with E-state index in [4.69, 9.17) is 0 Å². The quantitative estimate of drug-likeness (QED) is 0.249. The summed E-state index contributed by atoms with van der Waals surface area (Å²) in [5, 5.41) is 19.5. The maximum atomic E-state index is 11.6. The molecule has 0 atom stereocenters. The number of amides is 1. The van der Waals surface area contributed by atoms with Gasteiger partial charge in [-0.2, -0.15) is 0 Å². The van der Waals surface area contributed by atoms with Crippen molar-refractivity contribution in [2.45, 2.75) is 109 Å². The van der Waals surface area contributed by atoms with E-state index in [0.29, 0.717) is 19.5 Å². The Morgan fingerprint density at radius 2 is 1.12 bits per heavy atom. The van der Waals surface area contributed by atoms with Crippen molar-refractivity contribution >= 4 is 5.91 Å². The summed E-state index contributed by atoms with van der Waals surface area (Å²) >= 11 is 0. The summed E-state index contributed by atoms with van der Waals surface area (Å²) in [5.41, 5.74) is 0. The van der Waals surface area contributed by atoms with E-state index in [9.17, 15) is 15.0 Å². The van der Waals surface area contributed by atoms with Crippen LogP contribution < -0.4 is 0 Å². The lowest BCUT2D eigenvalue weighted by Crippen LogP contribution is -2.42. The molecule has 1 rings (SSSR count). The molecule has 1 amide bonds. The first kappa shape index (κ1) is 21.4. The minimum Gasteiger partial charge on any atom is -0.358 e. The number of nitrogens with zero attached hydrogens (tertiary/aromatic N) is 1. The number of carbonyl (C=O) groups is 1. The van der Waals surface area contributed by atoms with Crippen LogP contribution in [-0.4, -0.2) is 39.9 Å². The summed E-state index contributed by atoms with van der Waals surface area (Å²) in [6.07, 6.45) is 17.9. The molecule has 24 heavy (non-hydrogen) atoms. The molecule has 0 aromatic heterocycles. The fourth-order valence-corrected chi connectivity index (χ4v) is 3.18. The molecule has 142 valence electrons. The van der Waals surface area contributed by atoms with Gasteiger partial charge in [-0.25, -0.2) is 0 Å². The Labute approximate surface area is 148 Å². The lowest BCUT2D eigenvalue weighted by atomic mass is 10.0. The number of carbonyl (C=O) groups excluding carboxylic acids is 1. The van der Waals surface area contributed by atoms with E-state index in [1.807, 2.05) is 0 Å². The van der Waals surface area contributed by atoms with Crippen LogP contribution in [-0.2, 0) is 4.79 Å². The summed E-state index contributed by atoms with van der Waals surface area (Å²) in [7, 11) is 0. The summed E-state index contributed by atoms with van der Waals surface area (Å²) in [6, 6.07) is 0. The molecule has 0 radical (unpaired) electrons. The van der Waals surface area contributed by atoms with Gasteiger partial charge in [-0.1, -0.05) is 90.4 Å². The number of rotatable bonds is 16. The highest BCUT2D eigenvalue weighted by molar-refractivity contribution is 5.84. The van der Waals surface area contributed by atoms with Gasteiger partial charge >= 0.3 is 0 Å². The molecule has 1 aliphatic rings. The Balaban J connectivity index is 1.79. The normalized spacial score (nSPS) is 14.2. The summed E-state index contributed by atoms with van der Waals surface area (Å²) in [5.74, 6) is -2.65. The van der Waals surface area contributed by atoms with Crippen molar-refractivity contribution in [1.82, 2.24) is 4.90 Å². The second-order valence-corrected chi connectivity index (χ2v) is 7.46. The minimum absolute atomic E-state index is 0.167. The van der Waals surface area contributed by atoms with Crippen molar-refractivity contribution in [2.24, 2.45) is 0 Å². The monoisotopic (exact) mass is 341 g/mol. The van der Waals surface area contributed by atoms with Gasteiger partial charge in [-0.3, -0.25) is 4.79 Å². The Morgan fingerprint density at radius 3 is 1.50 bits per heavy atom. The van der Waals surface area contributed by atoms with Gasteiger partial charge in [-0.15, -0.1) is 0 Å². The topological polar surface area (TPSA) is 60.5 Å². The first-order valence-electron chi connectivity index (χ1n) is 10.3. The molecule has 0 aromatic rings. The Morgan fingerprint density at radius 1 is 0.750 bits per heavy atom. The van der Waals surface area contributed by atoms with Crippen LogP contribution in [0.3, 0.4) is 0 Å². The molecule has 0 unspecified atom stereocenters. The molecular formula is C20H39NO3. The van der Waals surface area contributed by atoms with Crippen LogP contribution >= 0.6 is 0 Å². The molecule has 1 aliphatic heterocycles. The van der Waals surface area contributed by atoms with Crippen LogP contribution in [0.4, 0.5) is 0 Å². The molecule has 4 nitrogen and oxygen atoms in total. The average Bonchev–Trinajstić information content (AvgIpc) is 3.39. The van der Waals surface area contributed by atoms with Crippen LogP contribution in [0.2, 0.25) is 0 Å². The minimum atomic E-state index is -2.13. The molecule has 0 aliphatic carbocycles. The van der Waals surface area contributed by atoms with Gasteiger partial charge in [0, 0.05) is 19.5 Å². The lowest BCUT2D eigenvalue weighted by molar-refractivity contribution is -0.193. The van der Waals surface area contributed by atoms with Crippen molar-refractivity contribution < 1.29 is 15.0 Å². The van der Waals surface area contributed by atoms with Gasteiger partial charge in [0.15, 0.2) is 0 Å². The van der Waals surface area contributed by atoms with Gasteiger partial charge in [0.1, 0.15) is 0 Å². The molecular weight excluding hydrogens is 302 g/mol. The third-order valence-corrected chi connectivity index (χ3v) is 4.96. The average molecular weight is 342 g/mol. The summed E-state index contributed by atoms with van der Waals surface area (Å²) in [4.78, 5) is 13.1. The number of unbranched alkanes of at least 4 members (excludes halogenated alkanes) is 13. The molecule has 1 heterocycles. The van der Waals surface area contributed by atoms with E-state index in [1.54, 1.807) is 0 Å². The van der Waals surface area contributed by atoms with Crippen molar-refractivity contribution in [1.29, 1.82) is 0 Å². The number of aliphatic hydroxyl groups is 2. The smallest absolute Gasteiger partial charge is 0.282 e. The fraction of sp³-hybridized carbons (Fsp3) is 0.950. The van der Waals surface area contributed by atoms with Gasteiger partial charge < -0.3 is 15.1 Å². The number of hydrogen-bond acceptors (Lipinski definition) is 3. The van der Waals surface area contributed by atoms with E-state index >= 15 is 0 Å². The predicted octanol–water partition coefficient (Wildman–Crippen LogP) is 4.38. The summed E-state index contributed by atoms with van der Waals surface area (Å²) < 4.78 is 0. The standard InChI is InChI=1S/C20H39NO3/c1-2-3-4-5-6-7-8-9-10-11-12-13-14-15-16-20(23,24)19(22)21-17-18-21/h23-24H,2-18H2,1H3. The fourth-order valence-electron chi connectivity index (χ4n) is 3.18. The zero-order valence-electron chi connectivity index (χ0n) is 15.8.